The lowest BCUT2D eigenvalue weighted by molar-refractivity contribution is -0.192. The molecule has 0 radical (unpaired) electrons. The first-order chi connectivity index (χ1) is 18.1. The molecule has 202 valence electrons. The van der Waals surface area contributed by atoms with Crippen LogP contribution in [0.5, 0.6) is 5.75 Å². The number of anilines is 2. The number of rotatable bonds is 4. The van der Waals surface area contributed by atoms with E-state index in [1.54, 1.807) is 31.8 Å². The van der Waals surface area contributed by atoms with E-state index in [4.69, 9.17) is 19.4 Å². The first-order valence-electron chi connectivity index (χ1n) is 11.6. The maximum absolute atomic E-state index is 13.1. The van der Waals surface area contributed by atoms with Gasteiger partial charge >= 0.3 is 12.1 Å². The van der Waals surface area contributed by atoms with Gasteiger partial charge in [-0.3, -0.25) is 4.79 Å². The van der Waals surface area contributed by atoms with Gasteiger partial charge in [-0.05, 0) is 18.2 Å². The lowest BCUT2D eigenvalue weighted by Gasteiger charge is -2.45. The van der Waals surface area contributed by atoms with Crippen molar-refractivity contribution in [3.05, 3.63) is 60.9 Å². The minimum atomic E-state index is -5.08. The van der Waals surface area contributed by atoms with Crippen molar-refractivity contribution in [2.75, 3.05) is 30.4 Å². The van der Waals surface area contributed by atoms with Crippen molar-refractivity contribution in [1.82, 2.24) is 19.5 Å². The van der Waals surface area contributed by atoms with E-state index < -0.39 is 23.9 Å². The number of alkyl halides is 3. The Balaban J connectivity index is 0.000000426. The van der Waals surface area contributed by atoms with Gasteiger partial charge in [0, 0.05) is 62.5 Å². The van der Waals surface area contributed by atoms with Crippen LogP contribution in [-0.2, 0) is 26.5 Å². The number of carbonyl (C=O) groups is 2. The van der Waals surface area contributed by atoms with E-state index in [-0.39, 0.29) is 5.91 Å². The Labute approximate surface area is 215 Å². The van der Waals surface area contributed by atoms with Crippen LogP contribution in [0.15, 0.2) is 55.1 Å². The number of imidazole rings is 1. The predicted octanol–water partition coefficient (Wildman–Crippen LogP) is 2.85. The quantitative estimate of drug-likeness (QED) is 0.519. The van der Waals surface area contributed by atoms with Crippen molar-refractivity contribution in [3.8, 4) is 5.75 Å². The molecule has 14 heteroatoms. The van der Waals surface area contributed by atoms with Crippen molar-refractivity contribution < 1.29 is 37.3 Å². The molecular weight excluding hydrogens is 509 g/mol. The summed E-state index contributed by atoms with van der Waals surface area (Å²) in [5.41, 5.74) is 0.0677. The molecule has 1 fully saturated rings. The Morgan fingerprint density at radius 3 is 2.45 bits per heavy atom. The van der Waals surface area contributed by atoms with Crippen LogP contribution in [0.4, 0.5) is 24.8 Å². The van der Waals surface area contributed by atoms with Gasteiger partial charge in [0.25, 0.3) is 5.91 Å². The van der Waals surface area contributed by atoms with Crippen molar-refractivity contribution in [2.24, 2.45) is 0 Å². The molecule has 1 atom stereocenters. The van der Waals surface area contributed by atoms with E-state index in [9.17, 15) is 18.0 Å². The highest BCUT2D eigenvalue weighted by molar-refractivity contribution is 5.94. The molecule has 0 saturated carbocycles. The van der Waals surface area contributed by atoms with Crippen molar-refractivity contribution in [1.29, 1.82) is 0 Å². The SMILES string of the molecule is COc1cccc(NC(=O)C2Cn3ccnc3C3(CCN(c4ncccn4)CC3)O2)c1.O=C(O)C(F)(F)F. The number of methoxy groups -OCH3 is 1. The monoisotopic (exact) mass is 534 g/mol. The number of nitrogens with one attached hydrogen (secondary N) is 1. The first-order valence-corrected chi connectivity index (χ1v) is 11.6. The number of ether oxygens (including phenoxy) is 2. The lowest BCUT2D eigenvalue weighted by Crippen LogP contribution is -2.53. The highest BCUT2D eigenvalue weighted by Crippen LogP contribution is 2.40. The van der Waals surface area contributed by atoms with E-state index in [1.807, 2.05) is 35.0 Å². The molecule has 2 aliphatic rings. The number of aliphatic carboxylic acids is 1. The average molecular weight is 534 g/mol. The Morgan fingerprint density at radius 2 is 1.82 bits per heavy atom. The van der Waals surface area contributed by atoms with Gasteiger partial charge in [-0.15, -0.1) is 0 Å². The van der Waals surface area contributed by atoms with Gasteiger partial charge in [0.05, 0.1) is 13.7 Å². The second-order valence-corrected chi connectivity index (χ2v) is 8.56. The number of carbonyl (C=O) groups excluding carboxylic acids is 1. The fraction of sp³-hybridized carbons (Fsp3) is 0.375. The van der Waals surface area contributed by atoms with E-state index in [1.165, 1.54) is 0 Å². The van der Waals surface area contributed by atoms with E-state index >= 15 is 0 Å². The molecule has 2 aliphatic heterocycles. The number of fused-ring (bicyclic) bond motifs is 2. The van der Waals surface area contributed by atoms with Crippen molar-refractivity contribution >= 4 is 23.5 Å². The van der Waals surface area contributed by atoms with Gasteiger partial charge in [0.15, 0.2) is 6.10 Å². The van der Waals surface area contributed by atoms with Crippen LogP contribution in [0.25, 0.3) is 0 Å². The van der Waals surface area contributed by atoms with Crippen LogP contribution in [-0.4, -0.2) is 69.0 Å². The smallest absolute Gasteiger partial charge is 0.490 e. The van der Waals surface area contributed by atoms with Crippen molar-refractivity contribution in [3.63, 3.8) is 0 Å². The summed E-state index contributed by atoms with van der Waals surface area (Å²) in [5, 5.41) is 10.1. The van der Waals surface area contributed by atoms with Crippen LogP contribution in [0.3, 0.4) is 0 Å². The van der Waals surface area contributed by atoms with Gasteiger partial charge in [0.1, 0.15) is 17.2 Å². The van der Waals surface area contributed by atoms with Crippen LogP contribution in [0, 0.1) is 0 Å². The zero-order valence-corrected chi connectivity index (χ0v) is 20.3. The van der Waals surface area contributed by atoms with Crippen molar-refractivity contribution in [2.45, 2.75) is 37.3 Å². The molecule has 2 N–H and O–H groups in total. The number of amides is 1. The van der Waals surface area contributed by atoms with E-state index in [2.05, 4.69) is 25.2 Å². The highest BCUT2D eigenvalue weighted by Gasteiger charge is 2.47. The molecule has 1 aromatic carbocycles. The number of aromatic nitrogens is 4. The maximum atomic E-state index is 13.1. The molecule has 0 bridgehead atoms. The second-order valence-electron chi connectivity index (χ2n) is 8.56. The number of hydrogen-bond donors (Lipinski definition) is 2. The number of piperidine rings is 1. The lowest BCUT2D eigenvalue weighted by atomic mass is 9.88. The third-order valence-electron chi connectivity index (χ3n) is 6.13. The van der Waals surface area contributed by atoms with Crippen LogP contribution >= 0.6 is 0 Å². The maximum Gasteiger partial charge on any atom is 0.490 e. The zero-order chi connectivity index (χ0) is 27.3. The number of carboxylic acids is 1. The standard InChI is InChI=1S/C22H24N6O3.C2HF3O2/c1-30-17-5-2-4-16(14-17)26-19(29)18-15-28-13-10-23-20(28)22(31-18)6-11-27(12-7-22)21-24-8-3-9-25-21;3-2(4,5)1(6)7/h2-5,8-10,13-14,18H,6-7,11-12,15H2,1H3,(H,26,29);(H,6,7). The molecule has 2 aromatic heterocycles. The molecule has 1 saturated heterocycles. The molecule has 11 nitrogen and oxygen atoms in total. The van der Waals surface area contributed by atoms with Gasteiger partial charge in [-0.2, -0.15) is 13.2 Å². The molecule has 1 amide bonds. The summed E-state index contributed by atoms with van der Waals surface area (Å²) in [6, 6.07) is 9.11. The molecule has 5 rings (SSSR count). The Morgan fingerprint density at radius 1 is 1.13 bits per heavy atom. The third-order valence-corrected chi connectivity index (χ3v) is 6.13. The minimum Gasteiger partial charge on any atom is -0.497 e. The van der Waals surface area contributed by atoms with Gasteiger partial charge in [0.2, 0.25) is 5.95 Å². The Hall–Kier alpha value is -4.20. The van der Waals surface area contributed by atoms with Gasteiger partial charge in [-0.25, -0.2) is 19.7 Å². The summed E-state index contributed by atoms with van der Waals surface area (Å²) in [6.45, 7) is 1.88. The number of nitrogens with zero attached hydrogens (tertiary/aromatic N) is 5. The van der Waals surface area contributed by atoms with Gasteiger partial charge in [-0.1, -0.05) is 6.07 Å². The molecule has 1 spiro atoms. The summed E-state index contributed by atoms with van der Waals surface area (Å²) >= 11 is 0. The minimum absolute atomic E-state index is 0.180. The fourth-order valence-electron chi connectivity index (χ4n) is 4.32. The number of halogens is 3. The summed E-state index contributed by atoms with van der Waals surface area (Å²) in [4.78, 5) is 37.4. The summed E-state index contributed by atoms with van der Waals surface area (Å²) in [5.74, 6) is -0.657. The van der Waals surface area contributed by atoms with E-state index in [0.717, 1.165) is 18.9 Å². The molecule has 3 aromatic rings. The van der Waals surface area contributed by atoms with E-state index in [0.29, 0.717) is 36.8 Å². The molecule has 38 heavy (non-hydrogen) atoms. The Bertz CT molecular complexity index is 1260. The number of benzene rings is 1. The average Bonchev–Trinajstić information content (AvgIpc) is 3.39. The van der Waals surface area contributed by atoms with Crippen LogP contribution in [0.1, 0.15) is 18.7 Å². The Kier molecular flexibility index (Phi) is 7.80. The molecular formula is C24H25F3N6O5. The second kappa shape index (κ2) is 11.0. The molecule has 4 heterocycles. The zero-order valence-electron chi connectivity index (χ0n) is 20.3. The first kappa shape index (κ1) is 26.9. The van der Waals surface area contributed by atoms with Crippen LogP contribution < -0.4 is 15.0 Å². The molecule has 1 unspecified atom stereocenters. The topological polar surface area (TPSA) is 132 Å². The summed E-state index contributed by atoms with van der Waals surface area (Å²) in [7, 11) is 1.60. The number of hydrogen-bond acceptors (Lipinski definition) is 8. The highest BCUT2D eigenvalue weighted by atomic mass is 19.4. The normalized spacial score (nSPS) is 18.1. The summed E-state index contributed by atoms with van der Waals surface area (Å²) < 4.78 is 45.5. The number of carboxylic acid groups (broad SMARTS) is 1. The fourth-order valence-corrected chi connectivity index (χ4v) is 4.32. The molecule has 0 aliphatic carbocycles. The van der Waals surface area contributed by atoms with Crippen LogP contribution in [0.2, 0.25) is 0 Å². The predicted molar refractivity (Wildman–Crippen MR) is 128 cm³/mol. The summed E-state index contributed by atoms with van der Waals surface area (Å²) in [6.07, 6.45) is 2.88. The van der Waals surface area contributed by atoms with Gasteiger partial charge < -0.3 is 29.4 Å². The third kappa shape index (κ3) is 6.02. The largest absolute Gasteiger partial charge is 0.497 e.